The quantitative estimate of drug-likeness (QED) is 0.778. The maximum atomic E-state index is 13.3. The molecule has 0 saturated carbocycles. The molecular weight excluding hydrogens is 265 g/mol. The molecule has 0 aliphatic rings. The number of benzene rings is 1. The van der Waals surface area contributed by atoms with E-state index in [0.29, 0.717) is 4.47 Å². The first kappa shape index (κ1) is 12.6. The minimum Gasteiger partial charge on any atom is -0.396 e. The van der Waals surface area contributed by atoms with Crippen LogP contribution in [0.15, 0.2) is 22.7 Å². The summed E-state index contributed by atoms with van der Waals surface area (Å²) in [6.45, 7) is -0.131. The summed E-state index contributed by atoms with van der Waals surface area (Å²) in [6, 6.07) is 3.62. The zero-order valence-corrected chi connectivity index (χ0v) is 9.61. The highest BCUT2D eigenvalue weighted by Crippen LogP contribution is 2.24. The van der Waals surface area contributed by atoms with Gasteiger partial charge in [-0.1, -0.05) is 15.9 Å². The highest BCUT2D eigenvalue weighted by Gasteiger charge is 2.19. The second-order valence-corrected chi connectivity index (χ2v) is 4.20. The molecule has 0 spiro atoms. The number of hydrogen-bond acceptors (Lipinski definition) is 3. The summed E-state index contributed by atoms with van der Waals surface area (Å²) >= 11 is 3.18. The van der Waals surface area contributed by atoms with Crippen LogP contribution in [0.2, 0.25) is 0 Å². The largest absolute Gasteiger partial charge is 0.396 e. The number of hydrogen-bond donors (Lipinski definition) is 3. The summed E-state index contributed by atoms with van der Waals surface area (Å²) in [7, 11) is 0. The summed E-state index contributed by atoms with van der Waals surface area (Å²) < 4.78 is 14.0. The number of halogens is 2. The third kappa shape index (κ3) is 3.24. The van der Waals surface area contributed by atoms with E-state index in [1.54, 1.807) is 6.07 Å². The van der Waals surface area contributed by atoms with Crippen molar-refractivity contribution in [3.05, 3.63) is 34.1 Å². The van der Waals surface area contributed by atoms with E-state index in [1.165, 1.54) is 12.1 Å². The van der Waals surface area contributed by atoms with Crippen molar-refractivity contribution in [3.8, 4) is 0 Å². The summed E-state index contributed by atoms with van der Waals surface area (Å²) in [6.07, 6.45) is -0.873. The topological polar surface area (TPSA) is 66.5 Å². The minimum absolute atomic E-state index is 0.131. The molecule has 84 valence electrons. The molecule has 1 aromatic carbocycles. The molecule has 0 saturated heterocycles. The second-order valence-electron chi connectivity index (χ2n) is 3.29. The number of aliphatic hydroxyl groups is 2. The van der Waals surface area contributed by atoms with Gasteiger partial charge in [-0.2, -0.15) is 0 Å². The molecule has 0 radical (unpaired) electrons. The van der Waals surface area contributed by atoms with Gasteiger partial charge in [0.05, 0.1) is 6.10 Å². The maximum absolute atomic E-state index is 13.3. The highest BCUT2D eigenvalue weighted by atomic mass is 79.9. The fourth-order valence-corrected chi connectivity index (χ4v) is 1.66. The molecule has 0 aliphatic heterocycles. The van der Waals surface area contributed by atoms with Crippen LogP contribution < -0.4 is 5.73 Å². The Morgan fingerprint density at radius 1 is 1.47 bits per heavy atom. The maximum Gasteiger partial charge on any atom is 0.129 e. The van der Waals surface area contributed by atoms with Gasteiger partial charge in [0.25, 0.3) is 0 Å². The van der Waals surface area contributed by atoms with Crippen LogP contribution in [0.25, 0.3) is 0 Å². The van der Waals surface area contributed by atoms with E-state index in [2.05, 4.69) is 15.9 Å². The van der Waals surface area contributed by atoms with Gasteiger partial charge in [-0.3, -0.25) is 0 Å². The van der Waals surface area contributed by atoms with Gasteiger partial charge in [-0.15, -0.1) is 0 Å². The van der Waals surface area contributed by atoms with Crippen LogP contribution in [0.4, 0.5) is 4.39 Å². The van der Waals surface area contributed by atoms with Crippen molar-refractivity contribution < 1.29 is 14.6 Å². The van der Waals surface area contributed by atoms with E-state index in [0.717, 1.165) is 0 Å². The zero-order valence-electron chi connectivity index (χ0n) is 8.03. The van der Waals surface area contributed by atoms with E-state index in [1.807, 2.05) is 0 Å². The fraction of sp³-hybridized carbons (Fsp3) is 0.400. The van der Waals surface area contributed by atoms with E-state index in [4.69, 9.17) is 10.8 Å². The smallest absolute Gasteiger partial charge is 0.129 e. The van der Waals surface area contributed by atoms with Crippen molar-refractivity contribution in [2.24, 2.45) is 5.73 Å². The summed E-state index contributed by atoms with van der Waals surface area (Å²) in [5, 5.41) is 18.4. The molecule has 2 unspecified atom stereocenters. The van der Waals surface area contributed by atoms with Crippen molar-refractivity contribution in [2.75, 3.05) is 6.61 Å². The van der Waals surface area contributed by atoms with Crippen LogP contribution in [0.3, 0.4) is 0 Å². The molecule has 4 N–H and O–H groups in total. The van der Waals surface area contributed by atoms with Crippen LogP contribution in [-0.2, 0) is 0 Å². The van der Waals surface area contributed by atoms with Crippen LogP contribution >= 0.6 is 15.9 Å². The van der Waals surface area contributed by atoms with Crippen molar-refractivity contribution in [1.29, 1.82) is 0 Å². The monoisotopic (exact) mass is 277 g/mol. The van der Waals surface area contributed by atoms with Crippen molar-refractivity contribution in [1.82, 2.24) is 0 Å². The first-order valence-corrected chi connectivity index (χ1v) is 5.35. The predicted molar refractivity (Wildman–Crippen MR) is 58.7 cm³/mol. The van der Waals surface area contributed by atoms with Crippen molar-refractivity contribution >= 4 is 15.9 Å². The van der Waals surface area contributed by atoms with E-state index in [-0.39, 0.29) is 18.6 Å². The molecule has 1 rings (SSSR count). The van der Waals surface area contributed by atoms with Gasteiger partial charge < -0.3 is 15.9 Å². The fourth-order valence-electron chi connectivity index (χ4n) is 1.28. The van der Waals surface area contributed by atoms with Crippen molar-refractivity contribution in [2.45, 2.75) is 18.6 Å². The Balaban J connectivity index is 2.89. The molecule has 0 bridgehead atoms. The lowest BCUT2D eigenvalue weighted by Gasteiger charge is -2.18. The van der Waals surface area contributed by atoms with Gasteiger partial charge in [0.1, 0.15) is 5.82 Å². The summed E-state index contributed by atoms with van der Waals surface area (Å²) in [5.41, 5.74) is 5.73. The molecule has 15 heavy (non-hydrogen) atoms. The van der Waals surface area contributed by atoms with Crippen LogP contribution in [-0.4, -0.2) is 22.9 Å². The van der Waals surface area contributed by atoms with Gasteiger partial charge in [-0.05, 0) is 24.6 Å². The standard InChI is InChI=1S/C10H13BrFNO2/c11-6-1-2-8(12)7(5-6)10(15)9(13)3-4-14/h1-2,5,9-10,14-15H,3-4,13H2. The Kier molecular flexibility index (Phi) is 4.66. The van der Waals surface area contributed by atoms with Gasteiger partial charge in [-0.25, -0.2) is 4.39 Å². The highest BCUT2D eigenvalue weighted by molar-refractivity contribution is 9.10. The minimum atomic E-state index is -1.10. The normalized spacial score (nSPS) is 15.0. The van der Waals surface area contributed by atoms with E-state index < -0.39 is 18.0 Å². The Bertz CT molecular complexity index is 335. The zero-order chi connectivity index (χ0) is 11.4. The molecular formula is C10H13BrFNO2. The Morgan fingerprint density at radius 2 is 2.13 bits per heavy atom. The molecule has 0 heterocycles. The summed E-state index contributed by atoms with van der Waals surface area (Å²) in [4.78, 5) is 0. The van der Waals surface area contributed by atoms with Crippen molar-refractivity contribution in [3.63, 3.8) is 0 Å². The van der Waals surface area contributed by atoms with Gasteiger partial charge in [0, 0.05) is 22.7 Å². The summed E-state index contributed by atoms with van der Waals surface area (Å²) in [5.74, 6) is -0.501. The average molecular weight is 278 g/mol. The Hall–Kier alpha value is -0.490. The number of nitrogens with two attached hydrogens (primary N) is 1. The molecule has 2 atom stereocenters. The van der Waals surface area contributed by atoms with Crippen LogP contribution in [0.1, 0.15) is 18.1 Å². The van der Waals surface area contributed by atoms with E-state index in [9.17, 15) is 9.50 Å². The third-order valence-corrected chi connectivity index (χ3v) is 2.64. The lowest BCUT2D eigenvalue weighted by Crippen LogP contribution is -2.29. The molecule has 3 nitrogen and oxygen atoms in total. The number of rotatable bonds is 4. The van der Waals surface area contributed by atoms with Gasteiger partial charge in [0.15, 0.2) is 0 Å². The lowest BCUT2D eigenvalue weighted by molar-refractivity contribution is 0.125. The first-order valence-electron chi connectivity index (χ1n) is 4.55. The Labute approximate surface area is 95.9 Å². The Morgan fingerprint density at radius 3 is 2.73 bits per heavy atom. The first-order chi connectivity index (χ1) is 7.06. The van der Waals surface area contributed by atoms with Crippen LogP contribution in [0, 0.1) is 5.82 Å². The molecule has 0 fully saturated rings. The molecule has 0 amide bonds. The second kappa shape index (κ2) is 5.55. The molecule has 5 heteroatoms. The van der Waals surface area contributed by atoms with Crippen LogP contribution in [0.5, 0.6) is 0 Å². The number of aliphatic hydroxyl groups excluding tert-OH is 2. The van der Waals surface area contributed by atoms with Gasteiger partial charge in [0.2, 0.25) is 0 Å². The third-order valence-electron chi connectivity index (χ3n) is 2.14. The molecule has 0 aliphatic carbocycles. The molecule has 1 aromatic rings. The molecule has 0 aromatic heterocycles. The van der Waals surface area contributed by atoms with E-state index >= 15 is 0 Å². The average Bonchev–Trinajstić information content (AvgIpc) is 2.21. The predicted octanol–water partition coefficient (Wildman–Crippen LogP) is 1.33. The van der Waals surface area contributed by atoms with Gasteiger partial charge >= 0.3 is 0 Å². The SMILES string of the molecule is NC(CCO)C(O)c1cc(Br)ccc1F. The lowest BCUT2D eigenvalue weighted by atomic mass is 10.0.